The second-order valence-corrected chi connectivity index (χ2v) is 5.01. The molecular weight excluding hydrogens is 292 g/mol. The highest BCUT2D eigenvalue weighted by Gasteiger charge is 2.11. The van der Waals surface area contributed by atoms with Gasteiger partial charge in [-0.3, -0.25) is 0 Å². The number of hydrogen-bond acceptors (Lipinski definition) is 2. The zero-order chi connectivity index (χ0) is 12.8. The van der Waals surface area contributed by atoms with E-state index < -0.39 is 0 Å². The number of benzene rings is 1. The Bertz CT molecular complexity index is 465. The molecule has 3 heteroatoms. The molecule has 18 heavy (non-hydrogen) atoms. The van der Waals surface area contributed by atoms with Crippen molar-refractivity contribution >= 4 is 15.9 Å². The van der Waals surface area contributed by atoms with Gasteiger partial charge in [0, 0.05) is 11.8 Å². The van der Waals surface area contributed by atoms with Gasteiger partial charge in [-0.25, -0.2) is 0 Å². The normalized spacial score (nSPS) is 12.3. The first kappa shape index (κ1) is 13.2. The maximum atomic E-state index is 5.40. The molecule has 1 aromatic carbocycles. The van der Waals surface area contributed by atoms with Crippen LogP contribution in [0.3, 0.4) is 0 Å². The second-order valence-electron chi connectivity index (χ2n) is 4.36. The van der Waals surface area contributed by atoms with Gasteiger partial charge in [0.25, 0.3) is 0 Å². The van der Waals surface area contributed by atoms with E-state index in [2.05, 4.69) is 28.1 Å². The molecule has 1 aromatic heterocycles. The first-order chi connectivity index (χ1) is 8.81. The number of hydrogen-bond donors (Lipinski definition) is 0. The van der Waals surface area contributed by atoms with Gasteiger partial charge in [0.05, 0.1) is 13.4 Å². The first-order valence-corrected chi connectivity index (χ1v) is 7.15. The molecule has 0 spiro atoms. The van der Waals surface area contributed by atoms with Crippen LogP contribution in [0.5, 0.6) is 5.75 Å². The van der Waals surface area contributed by atoms with E-state index in [9.17, 15) is 0 Å². The fraction of sp³-hybridized carbons (Fsp3) is 0.333. The Morgan fingerprint density at radius 3 is 2.78 bits per heavy atom. The van der Waals surface area contributed by atoms with E-state index in [-0.39, 0.29) is 0 Å². The summed E-state index contributed by atoms with van der Waals surface area (Å²) in [6.07, 6.45) is 3.70. The molecule has 2 nitrogen and oxygen atoms in total. The number of halogens is 1. The number of alkyl halides is 1. The van der Waals surface area contributed by atoms with Gasteiger partial charge in [-0.05, 0) is 42.2 Å². The van der Waals surface area contributed by atoms with Gasteiger partial charge in [0.2, 0.25) is 0 Å². The molecule has 0 bridgehead atoms. The second kappa shape index (κ2) is 6.64. The molecule has 0 aliphatic heterocycles. The lowest BCUT2D eigenvalue weighted by atomic mass is 9.97. The van der Waals surface area contributed by atoms with Crippen LogP contribution in [0.2, 0.25) is 0 Å². The third-order valence-corrected chi connectivity index (χ3v) is 3.86. The third-order valence-electron chi connectivity index (χ3n) is 2.95. The molecule has 0 aliphatic rings. The van der Waals surface area contributed by atoms with Crippen LogP contribution in [0.25, 0.3) is 0 Å². The molecule has 96 valence electrons. The fourth-order valence-electron chi connectivity index (χ4n) is 2.03. The molecule has 1 unspecified atom stereocenters. The Morgan fingerprint density at radius 2 is 2.11 bits per heavy atom. The summed E-state index contributed by atoms with van der Waals surface area (Å²) in [5.74, 6) is 2.49. The minimum atomic E-state index is 0.531. The van der Waals surface area contributed by atoms with E-state index in [4.69, 9.17) is 9.15 Å². The first-order valence-electron chi connectivity index (χ1n) is 6.03. The molecule has 0 radical (unpaired) electrons. The summed E-state index contributed by atoms with van der Waals surface area (Å²) in [6.45, 7) is 0. The summed E-state index contributed by atoms with van der Waals surface area (Å²) in [7, 11) is 1.70. The molecule has 2 aromatic rings. The summed E-state index contributed by atoms with van der Waals surface area (Å²) in [4.78, 5) is 0. The Hall–Kier alpha value is -1.22. The average molecular weight is 309 g/mol. The summed E-state index contributed by atoms with van der Waals surface area (Å²) < 4.78 is 10.6. The molecule has 0 saturated carbocycles. The van der Waals surface area contributed by atoms with E-state index in [1.54, 1.807) is 13.4 Å². The van der Waals surface area contributed by atoms with Gasteiger partial charge in [-0.2, -0.15) is 0 Å². The topological polar surface area (TPSA) is 22.4 Å². The van der Waals surface area contributed by atoms with Crippen molar-refractivity contribution in [3.63, 3.8) is 0 Å². The molecule has 0 saturated heterocycles. The van der Waals surface area contributed by atoms with E-state index in [1.165, 1.54) is 5.56 Å². The lowest BCUT2D eigenvalue weighted by Crippen LogP contribution is -2.09. The highest BCUT2D eigenvalue weighted by Crippen LogP contribution is 2.20. The van der Waals surface area contributed by atoms with Crippen LogP contribution >= 0.6 is 15.9 Å². The van der Waals surface area contributed by atoms with Gasteiger partial charge < -0.3 is 9.15 Å². The van der Waals surface area contributed by atoms with E-state index in [0.717, 1.165) is 29.7 Å². The van der Waals surface area contributed by atoms with Crippen LogP contribution in [0, 0.1) is 5.92 Å². The number of furan rings is 1. The van der Waals surface area contributed by atoms with Crippen LogP contribution < -0.4 is 4.74 Å². The zero-order valence-corrected chi connectivity index (χ0v) is 12.0. The molecule has 1 atom stereocenters. The Balaban J connectivity index is 2.00. The van der Waals surface area contributed by atoms with Crippen molar-refractivity contribution in [3.05, 3.63) is 54.0 Å². The van der Waals surface area contributed by atoms with Crippen LogP contribution in [0.1, 0.15) is 11.3 Å². The minimum Gasteiger partial charge on any atom is -0.497 e. The largest absolute Gasteiger partial charge is 0.497 e. The van der Waals surface area contributed by atoms with Crippen LogP contribution in [-0.4, -0.2) is 12.4 Å². The van der Waals surface area contributed by atoms with E-state index in [1.807, 2.05) is 24.3 Å². The predicted octanol–water partition coefficient (Wildman–Crippen LogP) is 4.08. The fourth-order valence-corrected chi connectivity index (χ4v) is 2.49. The van der Waals surface area contributed by atoms with Gasteiger partial charge in [0.15, 0.2) is 0 Å². The van der Waals surface area contributed by atoms with Crippen LogP contribution in [-0.2, 0) is 12.8 Å². The lowest BCUT2D eigenvalue weighted by Gasteiger charge is -2.13. The summed E-state index contributed by atoms with van der Waals surface area (Å²) >= 11 is 3.58. The van der Waals surface area contributed by atoms with Crippen molar-refractivity contribution in [2.45, 2.75) is 12.8 Å². The summed E-state index contributed by atoms with van der Waals surface area (Å²) in [5.41, 5.74) is 1.30. The van der Waals surface area contributed by atoms with Crippen LogP contribution in [0.15, 0.2) is 47.1 Å². The average Bonchev–Trinajstić information content (AvgIpc) is 2.91. The smallest absolute Gasteiger partial charge is 0.119 e. The van der Waals surface area contributed by atoms with Gasteiger partial charge in [-0.15, -0.1) is 0 Å². The highest BCUT2D eigenvalue weighted by molar-refractivity contribution is 9.09. The molecule has 0 N–H and O–H groups in total. The minimum absolute atomic E-state index is 0.531. The molecule has 0 amide bonds. The molecule has 0 aliphatic carbocycles. The van der Waals surface area contributed by atoms with Gasteiger partial charge in [0.1, 0.15) is 11.5 Å². The quantitative estimate of drug-likeness (QED) is 0.750. The van der Waals surface area contributed by atoms with E-state index in [0.29, 0.717) is 5.92 Å². The number of rotatable bonds is 6. The van der Waals surface area contributed by atoms with Crippen molar-refractivity contribution in [1.29, 1.82) is 0 Å². The van der Waals surface area contributed by atoms with Crippen molar-refractivity contribution < 1.29 is 9.15 Å². The molecular formula is C15H17BrO2. The standard InChI is InChI=1S/C15H17BrO2/c1-17-14-5-2-4-12(9-14)8-13(11-16)10-15-6-3-7-18-15/h2-7,9,13H,8,10-11H2,1H3. The molecule has 2 rings (SSSR count). The van der Waals surface area contributed by atoms with E-state index >= 15 is 0 Å². The monoisotopic (exact) mass is 308 g/mol. The number of ether oxygens (including phenoxy) is 1. The summed E-state index contributed by atoms with van der Waals surface area (Å²) in [6, 6.07) is 12.2. The predicted molar refractivity (Wildman–Crippen MR) is 76.4 cm³/mol. The van der Waals surface area contributed by atoms with Gasteiger partial charge >= 0.3 is 0 Å². The SMILES string of the molecule is COc1cccc(CC(CBr)Cc2ccco2)c1. The van der Waals surface area contributed by atoms with Crippen molar-refractivity contribution in [2.75, 3.05) is 12.4 Å². The lowest BCUT2D eigenvalue weighted by molar-refractivity contribution is 0.413. The Morgan fingerprint density at radius 1 is 1.22 bits per heavy atom. The zero-order valence-electron chi connectivity index (χ0n) is 10.4. The Kier molecular flexibility index (Phi) is 4.88. The van der Waals surface area contributed by atoms with Crippen molar-refractivity contribution in [3.8, 4) is 5.75 Å². The Labute approximate surface area is 116 Å². The van der Waals surface area contributed by atoms with Crippen molar-refractivity contribution in [2.24, 2.45) is 5.92 Å². The van der Waals surface area contributed by atoms with Crippen molar-refractivity contribution in [1.82, 2.24) is 0 Å². The van der Waals surface area contributed by atoms with Gasteiger partial charge in [-0.1, -0.05) is 28.1 Å². The molecule has 1 heterocycles. The number of methoxy groups -OCH3 is 1. The third kappa shape index (κ3) is 3.64. The maximum Gasteiger partial charge on any atom is 0.119 e. The molecule has 0 fully saturated rings. The summed E-state index contributed by atoms with van der Waals surface area (Å²) in [5, 5.41) is 0.963. The maximum absolute atomic E-state index is 5.40. The highest BCUT2D eigenvalue weighted by atomic mass is 79.9. The van der Waals surface area contributed by atoms with Crippen LogP contribution in [0.4, 0.5) is 0 Å².